The van der Waals surface area contributed by atoms with Crippen molar-refractivity contribution in [1.82, 2.24) is 10.6 Å². The Balaban J connectivity index is 1.62. The molecule has 0 saturated carbocycles. The van der Waals surface area contributed by atoms with Crippen LogP contribution in [0.25, 0.3) is 0 Å². The van der Waals surface area contributed by atoms with Gasteiger partial charge in [-0.25, -0.2) is 0 Å². The van der Waals surface area contributed by atoms with E-state index in [2.05, 4.69) is 17.6 Å². The Morgan fingerprint density at radius 3 is 3.20 bits per heavy atom. The molecule has 1 aromatic rings. The second-order valence-corrected chi connectivity index (χ2v) is 4.60. The van der Waals surface area contributed by atoms with Crippen LogP contribution in [0, 0.1) is 0 Å². The molecule has 84 valence electrons. The fourth-order valence-corrected chi connectivity index (χ4v) is 2.14. The van der Waals surface area contributed by atoms with E-state index < -0.39 is 0 Å². The lowest BCUT2D eigenvalue weighted by molar-refractivity contribution is 0.383. The quantitative estimate of drug-likeness (QED) is 0.721. The van der Waals surface area contributed by atoms with Crippen LogP contribution < -0.4 is 10.6 Å². The van der Waals surface area contributed by atoms with Crippen molar-refractivity contribution in [2.24, 2.45) is 0 Å². The van der Waals surface area contributed by atoms with Gasteiger partial charge in [-0.2, -0.15) is 0 Å². The summed E-state index contributed by atoms with van der Waals surface area (Å²) in [5.41, 5.74) is 0.309. The van der Waals surface area contributed by atoms with E-state index >= 15 is 0 Å². The Hall–Kier alpha value is -0.800. The van der Waals surface area contributed by atoms with Crippen LogP contribution in [0.4, 0.5) is 0 Å². The number of rotatable bonds is 5. The normalized spacial score (nSPS) is 25.9. The van der Waals surface area contributed by atoms with E-state index in [9.17, 15) is 0 Å². The fraction of sp³-hybridized carbons (Fsp3) is 0.667. The smallest absolute Gasteiger partial charge is 0.105 e. The third kappa shape index (κ3) is 3.08. The van der Waals surface area contributed by atoms with Gasteiger partial charge in [0, 0.05) is 25.0 Å². The Morgan fingerprint density at radius 1 is 1.60 bits per heavy atom. The minimum atomic E-state index is 0.309. The molecule has 1 unspecified atom stereocenters. The second kappa shape index (κ2) is 4.81. The van der Waals surface area contributed by atoms with Crippen molar-refractivity contribution in [3.63, 3.8) is 0 Å². The van der Waals surface area contributed by atoms with Gasteiger partial charge in [-0.05, 0) is 38.4 Å². The van der Waals surface area contributed by atoms with Crippen LogP contribution in [0.3, 0.4) is 0 Å². The summed E-state index contributed by atoms with van der Waals surface area (Å²) in [4.78, 5) is 0. The van der Waals surface area contributed by atoms with Gasteiger partial charge in [-0.15, -0.1) is 0 Å². The van der Waals surface area contributed by atoms with Gasteiger partial charge in [0.25, 0.3) is 0 Å². The molecule has 1 fully saturated rings. The number of hydrogen-bond acceptors (Lipinski definition) is 3. The highest BCUT2D eigenvalue weighted by atomic mass is 16.3. The van der Waals surface area contributed by atoms with Gasteiger partial charge >= 0.3 is 0 Å². The predicted molar refractivity (Wildman–Crippen MR) is 60.9 cm³/mol. The molecule has 0 aromatic carbocycles. The van der Waals surface area contributed by atoms with E-state index in [4.69, 9.17) is 4.42 Å². The average molecular weight is 208 g/mol. The van der Waals surface area contributed by atoms with Crippen molar-refractivity contribution < 1.29 is 4.42 Å². The van der Waals surface area contributed by atoms with Gasteiger partial charge in [0.15, 0.2) is 0 Å². The van der Waals surface area contributed by atoms with Gasteiger partial charge in [0.05, 0.1) is 6.26 Å². The highest BCUT2D eigenvalue weighted by Crippen LogP contribution is 2.16. The highest BCUT2D eigenvalue weighted by molar-refractivity contribution is 4.98. The highest BCUT2D eigenvalue weighted by Gasteiger charge is 2.26. The number of furan rings is 1. The Labute approximate surface area is 91.2 Å². The zero-order valence-electron chi connectivity index (χ0n) is 9.38. The van der Waals surface area contributed by atoms with Gasteiger partial charge in [-0.1, -0.05) is 0 Å². The summed E-state index contributed by atoms with van der Waals surface area (Å²) >= 11 is 0. The van der Waals surface area contributed by atoms with E-state index in [1.54, 1.807) is 6.26 Å². The molecule has 1 aliphatic heterocycles. The van der Waals surface area contributed by atoms with Crippen molar-refractivity contribution in [3.8, 4) is 0 Å². The molecule has 0 spiro atoms. The lowest BCUT2D eigenvalue weighted by Crippen LogP contribution is -2.46. The third-order valence-corrected chi connectivity index (χ3v) is 3.10. The molecule has 1 atom stereocenters. The molecule has 2 rings (SSSR count). The van der Waals surface area contributed by atoms with Crippen molar-refractivity contribution >= 4 is 0 Å². The SMILES string of the molecule is CC1(CNCCc2ccco2)CCCN1. The Bertz CT molecular complexity index is 276. The topological polar surface area (TPSA) is 37.2 Å². The van der Waals surface area contributed by atoms with Crippen LogP contribution in [0.5, 0.6) is 0 Å². The largest absolute Gasteiger partial charge is 0.469 e. The maximum atomic E-state index is 5.28. The predicted octanol–water partition coefficient (Wildman–Crippen LogP) is 1.55. The molecular weight excluding hydrogens is 188 g/mol. The van der Waals surface area contributed by atoms with E-state index in [0.717, 1.165) is 31.8 Å². The van der Waals surface area contributed by atoms with Crippen LogP contribution in [0.2, 0.25) is 0 Å². The van der Waals surface area contributed by atoms with Crippen LogP contribution in [0.15, 0.2) is 22.8 Å². The number of hydrogen-bond donors (Lipinski definition) is 2. The molecule has 3 heteroatoms. The molecule has 0 bridgehead atoms. The molecule has 3 nitrogen and oxygen atoms in total. The van der Waals surface area contributed by atoms with Crippen molar-refractivity contribution in [2.75, 3.05) is 19.6 Å². The zero-order chi connectivity index (χ0) is 10.6. The van der Waals surface area contributed by atoms with Crippen LogP contribution >= 0.6 is 0 Å². The van der Waals surface area contributed by atoms with Crippen molar-refractivity contribution in [1.29, 1.82) is 0 Å². The molecular formula is C12H20N2O. The lowest BCUT2D eigenvalue weighted by Gasteiger charge is -2.24. The number of nitrogens with one attached hydrogen (secondary N) is 2. The maximum Gasteiger partial charge on any atom is 0.105 e. The minimum Gasteiger partial charge on any atom is -0.469 e. The standard InChI is InChI=1S/C12H20N2O/c1-12(6-3-7-14-12)10-13-8-5-11-4-2-9-15-11/h2,4,9,13-14H,3,5-8,10H2,1H3. The van der Waals surface area contributed by atoms with Crippen LogP contribution in [-0.4, -0.2) is 25.2 Å². The molecule has 0 amide bonds. The van der Waals surface area contributed by atoms with Crippen molar-refractivity contribution in [2.45, 2.75) is 31.7 Å². The summed E-state index contributed by atoms with van der Waals surface area (Å²) in [6, 6.07) is 3.96. The summed E-state index contributed by atoms with van der Waals surface area (Å²) in [5.74, 6) is 1.06. The molecule has 15 heavy (non-hydrogen) atoms. The summed E-state index contributed by atoms with van der Waals surface area (Å²) in [5, 5.41) is 7.02. The average Bonchev–Trinajstić information content (AvgIpc) is 2.84. The molecule has 1 aromatic heterocycles. The lowest BCUT2D eigenvalue weighted by atomic mass is 10.0. The van der Waals surface area contributed by atoms with Gasteiger partial charge < -0.3 is 15.1 Å². The summed E-state index contributed by atoms with van der Waals surface area (Å²) < 4.78 is 5.28. The summed E-state index contributed by atoms with van der Waals surface area (Å²) in [7, 11) is 0. The minimum absolute atomic E-state index is 0.309. The summed E-state index contributed by atoms with van der Waals surface area (Å²) in [6.45, 7) is 5.49. The van der Waals surface area contributed by atoms with Crippen molar-refractivity contribution in [3.05, 3.63) is 24.2 Å². The fourth-order valence-electron chi connectivity index (χ4n) is 2.14. The first-order chi connectivity index (χ1) is 7.29. The Morgan fingerprint density at radius 2 is 2.53 bits per heavy atom. The first-order valence-corrected chi connectivity index (χ1v) is 5.77. The monoisotopic (exact) mass is 208 g/mol. The third-order valence-electron chi connectivity index (χ3n) is 3.10. The molecule has 2 heterocycles. The Kier molecular flexibility index (Phi) is 3.44. The maximum absolute atomic E-state index is 5.28. The molecule has 2 N–H and O–H groups in total. The summed E-state index contributed by atoms with van der Waals surface area (Å²) in [6.07, 6.45) is 5.29. The van der Waals surface area contributed by atoms with Gasteiger partial charge in [0.2, 0.25) is 0 Å². The first-order valence-electron chi connectivity index (χ1n) is 5.77. The van der Waals surface area contributed by atoms with E-state index in [1.165, 1.54) is 12.8 Å². The van der Waals surface area contributed by atoms with Crippen LogP contribution in [-0.2, 0) is 6.42 Å². The molecule has 1 saturated heterocycles. The molecule has 0 aliphatic carbocycles. The van der Waals surface area contributed by atoms with E-state index in [-0.39, 0.29) is 0 Å². The van der Waals surface area contributed by atoms with Crippen LogP contribution in [0.1, 0.15) is 25.5 Å². The van der Waals surface area contributed by atoms with Gasteiger partial charge in [0.1, 0.15) is 5.76 Å². The zero-order valence-corrected chi connectivity index (χ0v) is 9.38. The first kappa shape index (κ1) is 10.7. The molecule has 0 radical (unpaired) electrons. The van der Waals surface area contributed by atoms with E-state index in [0.29, 0.717) is 5.54 Å². The van der Waals surface area contributed by atoms with Gasteiger partial charge in [-0.3, -0.25) is 0 Å². The van der Waals surface area contributed by atoms with E-state index in [1.807, 2.05) is 12.1 Å². The molecule has 1 aliphatic rings. The second-order valence-electron chi connectivity index (χ2n) is 4.60.